The van der Waals surface area contributed by atoms with Crippen molar-refractivity contribution >= 4 is 12.1 Å². The van der Waals surface area contributed by atoms with Gasteiger partial charge in [0.15, 0.2) is 0 Å². The summed E-state index contributed by atoms with van der Waals surface area (Å²) >= 11 is 0. The smallest absolute Gasteiger partial charge is 0.316 e. The fourth-order valence-electron chi connectivity index (χ4n) is 1.73. The molecule has 6 heteroatoms. The Balaban J connectivity index is 2.10. The molecule has 2 rings (SSSR count). The van der Waals surface area contributed by atoms with E-state index in [4.69, 9.17) is 0 Å². The third kappa shape index (κ3) is 1.39. The van der Waals surface area contributed by atoms with Crippen molar-refractivity contribution in [2.45, 2.75) is 19.1 Å². The molecule has 0 saturated carbocycles. The summed E-state index contributed by atoms with van der Waals surface area (Å²) in [5.74, 6) is 0.204. The lowest BCUT2D eigenvalue weighted by Gasteiger charge is -2.40. The van der Waals surface area contributed by atoms with Crippen molar-refractivity contribution in [1.82, 2.24) is 21.3 Å². The Morgan fingerprint density at radius 3 is 2.62 bits per heavy atom. The lowest BCUT2D eigenvalue weighted by Crippen LogP contribution is -2.71. The van der Waals surface area contributed by atoms with Gasteiger partial charge in [-0.1, -0.05) is 0 Å². The maximum Gasteiger partial charge on any atom is 0.316 e. The highest BCUT2D eigenvalue weighted by atomic mass is 16.2. The lowest BCUT2D eigenvalue weighted by molar-refractivity contribution is 0.161. The number of rotatable bonds is 0. The molecular formula is C7H12N4O2. The maximum absolute atomic E-state index is 11.0. The molecule has 13 heavy (non-hydrogen) atoms. The van der Waals surface area contributed by atoms with Crippen molar-refractivity contribution in [3.8, 4) is 0 Å². The second-order valence-corrected chi connectivity index (χ2v) is 3.40. The van der Waals surface area contributed by atoms with Gasteiger partial charge >= 0.3 is 12.1 Å². The molecule has 0 aromatic heterocycles. The minimum Gasteiger partial charge on any atom is -0.338 e. The van der Waals surface area contributed by atoms with Crippen LogP contribution in [-0.2, 0) is 0 Å². The summed E-state index contributed by atoms with van der Waals surface area (Å²) in [6.07, 6.45) is -0.238. The molecule has 6 nitrogen and oxygen atoms in total. The van der Waals surface area contributed by atoms with E-state index in [1.54, 1.807) is 0 Å². The highest BCUT2D eigenvalue weighted by Gasteiger charge is 2.37. The monoisotopic (exact) mass is 184 g/mol. The topological polar surface area (TPSA) is 82.3 Å². The Hall–Kier alpha value is -1.46. The summed E-state index contributed by atoms with van der Waals surface area (Å²) in [6.45, 7) is 2.51. The molecular weight excluding hydrogens is 172 g/mol. The highest BCUT2D eigenvalue weighted by Crippen LogP contribution is 2.13. The van der Waals surface area contributed by atoms with E-state index in [9.17, 15) is 9.59 Å². The quantitative estimate of drug-likeness (QED) is 0.387. The number of amides is 4. The maximum atomic E-state index is 11.0. The molecule has 0 bridgehead atoms. The number of carbonyl (C=O) groups excluding carboxylic acids is 2. The van der Waals surface area contributed by atoms with Gasteiger partial charge < -0.3 is 21.3 Å². The van der Waals surface area contributed by atoms with Crippen molar-refractivity contribution in [3.63, 3.8) is 0 Å². The van der Waals surface area contributed by atoms with Gasteiger partial charge in [-0.2, -0.15) is 0 Å². The fraction of sp³-hybridized carbons (Fsp3) is 0.714. The summed E-state index contributed by atoms with van der Waals surface area (Å²) in [6, 6.07) is -0.376. The fourth-order valence-corrected chi connectivity index (χ4v) is 1.73. The van der Waals surface area contributed by atoms with Crippen LogP contribution in [0.1, 0.15) is 6.92 Å². The van der Waals surface area contributed by atoms with Crippen LogP contribution in [0.5, 0.6) is 0 Å². The van der Waals surface area contributed by atoms with Gasteiger partial charge in [0.25, 0.3) is 0 Å². The standard InChI is InChI=1S/C7H12N4O2/c1-3-4-2-8-6(12)10-5(4)11-7(13)9-3/h3-5H,2H2,1H3,(H2,8,10,12)(H2,9,11,13)/t3?,4-,5+/m1/s1. The van der Waals surface area contributed by atoms with Crippen LogP contribution in [0.25, 0.3) is 0 Å². The van der Waals surface area contributed by atoms with E-state index in [1.165, 1.54) is 0 Å². The van der Waals surface area contributed by atoms with E-state index in [2.05, 4.69) is 21.3 Å². The zero-order valence-corrected chi connectivity index (χ0v) is 7.26. The van der Waals surface area contributed by atoms with Gasteiger partial charge in [0, 0.05) is 18.5 Å². The second-order valence-electron chi connectivity index (χ2n) is 3.40. The number of hydrogen-bond acceptors (Lipinski definition) is 2. The van der Waals surface area contributed by atoms with E-state index in [0.29, 0.717) is 6.54 Å². The summed E-state index contributed by atoms with van der Waals surface area (Å²) in [5.41, 5.74) is 0. The first kappa shape index (κ1) is 8.15. The first-order valence-corrected chi connectivity index (χ1v) is 4.28. The SMILES string of the molecule is CC1NC(=O)N[C@@H]2NC(=O)NC[C@H]12. The minimum atomic E-state index is -0.238. The van der Waals surface area contributed by atoms with E-state index >= 15 is 0 Å². The zero-order chi connectivity index (χ0) is 9.42. The molecule has 4 amide bonds. The molecule has 0 aromatic carbocycles. The van der Waals surface area contributed by atoms with Crippen LogP contribution in [0.3, 0.4) is 0 Å². The molecule has 1 unspecified atom stereocenters. The normalized spacial score (nSPS) is 37.8. The number of nitrogens with one attached hydrogen (secondary N) is 4. The van der Waals surface area contributed by atoms with Crippen LogP contribution in [-0.4, -0.2) is 30.8 Å². The molecule has 0 radical (unpaired) electrons. The summed E-state index contributed by atoms with van der Waals surface area (Å²) in [7, 11) is 0. The van der Waals surface area contributed by atoms with Crippen molar-refractivity contribution in [2.75, 3.05) is 6.54 Å². The van der Waals surface area contributed by atoms with Crippen molar-refractivity contribution < 1.29 is 9.59 Å². The predicted molar refractivity (Wildman–Crippen MR) is 44.9 cm³/mol. The molecule has 2 aliphatic heterocycles. The van der Waals surface area contributed by atoms with Crippen LogP contribution in [0.4, 0.5) is 9.59 Å². The Morgan fingerprint density at radius 2 is 1.85 bits per heavy atom. The molecule has 2 heterocycles. The van der Waals surface area contributed by atoms with Crippen molar-refractivity contribution in [2.24, 2.45) is 5.92 Å². The van der Waals surface area contributed by atoms with Gasteiger partial charge in [-0.15, -0.1) is 0 Å². The summed E-state index contributed by atoms with van der Waals surface area (Å²) < 4.78 is 0. The highest BCUT2D eigenvalue weighted by molar-refractivity contribution is 5.79. The van der Waals surface area contributed by atoms with Crippen LogP contribution in [0.2, 0.25) is 0 Å². The van der Waals surface area contributed by atoms with E-state index in [0.717, 1.165) is 0 Å². The first-order chi connectivity index (χ1) is 6.16. The average Bonchev–Trinajstić information content (AvgIpc) is 2.02. The van der Waals surface area contributed by atoms with E-state index < -0.39 is 0 Å². The van der Waals surface area contributed by atoms with Crippen molar-refractivity contribution in [1.29, 1.82) is 0 Å². The van der Waals surface area contributed by atoms with Gasteiger partial charge in [-0.3, -0.25) is 0 Å². The summed E-state index contributed by atoms with van der Waals surface area (Å²) in [5, 5.41) is 10.8. The predicted octanol–water partition coefficient (Wildman–Crippen LogP) is -1.06. The average molecular weight is 184 g/mol. The molecule has 2 fully saturated rings. The Labute approximate surface area is 75.4 Å². The zero-order valence-electron chi connectivity index (χ0n) is 7.26. The summed E-state index contributed by atoms with van der Waals surface area (Å²) in [4.78, 5) is 22.0. The van der Waals surface area contributed by atoms with E-state index in [-0.39, 0.29) is 30.2 Å². The largest absolute Gasteiger partial charge is 0.338 e. The van der Waals surface area contributed by atoms with Gasteiger partial charge in [0.1, 0.15) is 6.17 Å². The number of carbonyl (C=O) groups is 2. The molecule has 3 atom stereocenters. The van der Waals surface area contributed by atoms with Crippen LogP contribution < -0.4 is 21.3 Å². The molecule has 0 spiro atoms. The number of fused-ring (bicyclic) bond motifs is 1. The molecule has 4 N–H and O–H groups in total. The second kappa shape index (κ2) is 2.79. The van der Waals surface area contributed by atoms with Gasteiger partial charge in [-0.05, 0) is 6.92 Å². The molecule has 0 aliphatic carbocycles. The first-order valence-electron chi connectivity index (χ1n) is 4.28. The van der Waals surface area contributed by atoms with Crippen LogP contribution in [0.15, 0.2) is 0 Å². The lowest BCUT2D eigenvalue weighted by atomic mass is 9.94. The number of urea groups is 2. The number of hydrogen-bond donors (Lipinski definition) is 4. The van der Waals surface area contributed by atoms with Gasteiger partial charge in [0.2, 0.25) is 0 Å². The van der Waals surface area contributed by atoms with Crippen molar-refractivity contribution in [3.05, 3.63) is 0 Å². The Kier molecular flexibility index (Phi) is 1.75. The Morgan fingerprint density at radius 1 is 1.15 bits per heavy atom. The minimum absolute atomic E-state index is 0.0758. The van der Waals surface area contributed by atoms with E-state index in [1.807, 2.05) is 6.92 Å². The third-order valence-electron chi connectivity index (χ3n) is 2.50. The molecule has 0 aromatic rings. The Bertz CT molecular complexity index is 253. The molecule has 2 aliphatic rings. The molecule has 72 valence electrons. The van der Waals surface area contributed by atoms with Crippen LogP contribution >= 0.6 is 0 Å². The molecule has 2 saturated heterocycles. The third-order valence-corrected chi connectivity index (χ3v) is 2.50. The van der Waals surface area contributed by atoms with Gasteiger partial charge in [0.05, 0.1) is 0 Å². The van der Waals surface area contributed by atoms with Gasteiger partial charge in [-0.25, -0.2) is 9.59 Å². The van der Waals surface area contributed by atoms with Crippen LogP contribution in [0, 0.1) is 5.92 Å².